The average Bonchev–Trinajstić information content (AvgIpc) is 2.54. The second-order valence-corrected chi connectivity index (χ2v) is 5.60. The fourth-order valence-electron chi connectivity index (χ4n) is 2.63. The van der Waals surface area contributed by atoms with E-state index in [0.29, 0.717) is 13.2 Å². The molecule has 4 nitrogen and oxygen atoms in total. The van der Waals surface area contributed by atoms with Gasteiger partial charge in [-0.15, -0.1) is 0 Å². The van der Waals surface area contributed by atoms with Crippen LogP contribution in [-0.2, 0) is 16.1 Å². The lowest BCUT2D eigenvalue weighted by Crippen LogP contribution is -2.30. The van der Waals surface area contributed by atoms with Gasteiger partial charge in [0.25, 0.3) is 0 Å². The maximum absolute atomic E-state index is 11.8. The highest BCUT2D eigenvalue weighted by Gasteiger charge is 2.12. The fourth-order valence-corrected chi connectivity index (χ4v) is 2.63. The third-order valence-corrected chi connectivity index (χ3v) is 3.93. The van der Waals surface area contributed by atoms with Gasteiger partial charge in [-0.1, -0.05) is 12.1 Å². The molecule has 0 aliphatic carbocycles. The van der Waals surface area contributed by atoms with Crippen LogP contribution in [0.25, 0.3) is 0 Å². The van der Waals surface area contributed by atoms with E-state index in [2.05, 4.69) is 29.2 Å². The number of carbonyl (C=O) groups is 1. The van der Waals surface area contributed by atoms with Crippen molar-refractivity contribution in [2.75, 3.05) is 38.3 Å². The number of anilines is 1. The van der Waals surface area contributed by atoms with E-state index in [1.807, 2.05) is 14.0 Å². The summed E-state index contributed by atoms with van der Waals surface area (Å²) in [6.07, 6.45) is 3.92. The summed E-state index contributed by atoms with van der Waals surface area (Å²) in [6.45, 7) is 5.58. The molecule has 1 aliphatic rings. The van der Waals surface area contributed by atoms with Crippen molar-refractivity contribution >= 4 is 11.6 Å². The van der Waals surface area contributed by atoms with Crippen LogP contribution >= 0.6 is 0 Å². The zero-order chi connectivity index (χ0) is 15.1. The van der Waals surface area contributed by atoms with Gasteiger partial charge >= 0.3 is 0 Å². The smallest absolute Gasteiger partial charge is 0.248 e. The molecule has 0 N–H and O–H groups in total. The standard InChI is InChI=1S/C17H26N2O2/c1-3-21-14-17(20)18(2)13-15-7-9-16(10-8-15)19-11-5-4-6-12-19/h7-10H,3-6,11-14H2,1-2H3. The predicted molar refractivity (Wildman–Crippen MR) is 85.5 cm³/mol. The van der Waals surface area contributed by atoms with Crippen molar-refractivity contribution in [1.82, 2.24) is 4.90 Å². The van der Waals surface area contributed by atoms with E-state index in [4.69, 9.17) is 4.74 Å². The number of carbonyl (C=O) groups excluding carboxylic acids is 1. The van der Waals surface area contributed by atoms with Gasteiger partial charge < -0.3 is 14.5 Å². The maximum atomic E-state index is 11.8. The van der Waals surface area contributed by atoms with Gasteiger partial charge in [-0.25, -0.2) is 0 Å². The minimum atomic E-state index is 0.0250. The summed E-state index contributed by atoms with van der Waals surface area (Å²) < 4.78 is 5.15. The fraction of sp³-hybridized carbons (Fsp3) is 0.588. The van der Waals surface area contributed by atoms with Gasteiger partial charge in [0, 0.05) is 39.0 Å². The summed E-state index contributed by atoms with van der Waals surface area (Å²) in [5.41, 5.74) is 2.45. The molecule has 2 rings (SSSR count). The van der Waals surface area contributed by atoms with Crippen LogP contribution in [0.15, 0.2) is 24.3 Å². The molecule has 1 amide bonds. The van der Waals surface area contributed by atoms with Crippen LogP contribution in [0.4, 0.5) is 5.69 Å². The van der Waals surface area contributed by atoms with E-state index in [1.165, 1.54) is 24.9 Å². The molecule has 0 unspecified atom stereocenters. The second kappa shape index (κ2) is 8.03. The second-order valence-electron chi connectivity index (χ2n) is 5.60. The highest BCUT2D eigenvalue weighted by Crippen LogP contribution is 2.20. The molecule has 4 heteroatoms. The molecule has 0 atom stereocenters. The molecule has 1 saturated heterocycles. The first-order valence-electron chi connectivity index (χ1n) is 7.86. The van der Waals surface area contributed by atoms with Crippen LogP contribution in [0.3, 0.4) is 0 Å². The van der Waals surface area contributed by atoms with E-state index in [0.717, 1.165) is 18.7 Å². The number of nitrogens with zero attached hydrogens (tertiary/aromatic N) is 2. The first-order chi connectivity index (χ1) is 10.2. The average molecular weight is 290 g/mol. The highest BCUT2D eigenvalue weighted by atomic mass is 16.5. The Balaban J connectivity index is 1.88. The Morgan fingerprint density at radius 1 is 1.19 bits per heavy atom. The summed E-state index contributed by atoms with van der Waals surface area (Å²) in [5, 5.41) is 0. The Bertz CT molecular complexity index is 439. The Morgan fingerprint density at radius 3 is 2.48 bits per heavy atom. The zero-order valence-electron chi connectivity index (χ0n) is 13.2. The Labute approximate surface area is 127 Å². The normalized spacial score (nSPS) is 15.0. The number of benzene rings is 1. The monoisotopic (exact) mass is 290 g/mol. The topological polar surface area (TPSA) is 32.8 Å². The summed E-state index contributed by atoms with van der Waals surface area (Å²) in [6, 6.07) is 8.58. The Hall–Kier alpha value is -1.55. The van der Waals surface area contributed by atoms with Crippen molar-refractivity contribution in [3.63, 3.8) is 0 Å². The van der Waals surface area contributed by atoms with E-state index >= 15 is 0 Å². The number of amides is 1. The van der Waals surface area contributed by atoms with Gasteiger partial charge in [-0.2, -0.15) is 0 Å². The van der Waals surface area contributed by atoms with Gasteiger partial charge in [-0.3, -0.25) is 4.79 Å². The summed E-state index contributed by atoms with van der Waals surface area (Å²) >= 11 is 0. The molecule has 1 fully saturated rings. The molecular weight excluding hydrogens is 264 g/mol. The lowest BCUT2D eigenvalue weighted by Gasteiger charge is -2.29. The molecule has 0 bridgehead atoms. The van der Waals surface area contributed by atoms with Gasteiger partial charge in [-0.05, 0) is 43.9 Å². The quantitative estimate of drug-likeness (QED) is 0.807. The molecule has 0 saturated carbocycles. The molecule has 0 aromatic heterocycles. The molecule has 21 heavy (non-hydrogen) atoms. The van der Waals surface area contributed by atoms with Crippen molar-refractivity contribution in [1.29, 1.82) is 0 Å². The van der Waals surface area contributed by atoms with Gasteiger partial charge in [0.15, 0.2) is 0 Å². The number of likely N-dealkylation sites (N-methyl/N-ethyl adjacent to an activating group) is 1. The van der Waals surface area contributed by atoms with Gasteiger partial charge in [0.05, 0.1) is 0 Å². The lowest BCUT2D eigenvalue weighted by molar-refractivity contribution is -0.135. The SMILES string of the molecule is CCOCC(=O)N(C)Cc1ccc(N2CCCCC2)cc1. The summed E-state index contributed by atoms with van der Waals surface area (Å²) in [7, 11) is 1.82. The predicted octanol–water partition coefficient (Wildman–Crippen LogP) is 2.67. The van der Waals surface area contributed by atoms with E-state index in [9.17, 15) is 4.79 Å². The maximum Gasteiger partial charge on any atom is 0.248 e. The number of hydrogen-bond donors (Lipinski definition) is 0. The largest absolute Gasteiger partial charge is 0.372 e. The molecule has 0 spiro atoms. The van der Waals surface area contributed by atoms with Crippen LogP contribution in [0.5, 0.6) is 0 Å². The number of rotatable bonds is 6. The highest BCUT2D eigenvalue weighted by molar-refractivity contribution is 5.77. The van der Waals surface area contributed by atoms with Crippen LogP contribution in [0, 0.1) is 0 Å². The molecule has 1 aromatic carbocycles. The van der Waals surface area contributed by atoms with Crippen molar-refractivity contribution in [2.24, 2.45) is 0 Å². The molecule has 116 valence electrons. The van der Waals surface area contributed by atoms with Gasteiger partial charge in [0.1, 0.15) is 6.61 Å². The Kier molecular flexibility index (Phi) is 6.05. The van der Waals surface area contributed by atoms with Crippen LogP contribution < -0.4 is 4.90 Å². The number of ether oxygens (including phenoxy) is 1. The van der Waals surface area contributed by atoms with Crippen molar-refractivity contribution in [3.8, 4) is 0 Å². The Morgan fingerprint density at radius 2 is 1.86 bits per heavy atom. The molecule has 1 aliphatic heterocycles. The summed E-state index contributed by atoms with van der Waals surface area (Å²) in [5.74, 6) is 0.0250. The van der Waals surface area contributed by atoms with Crippen LogP contribution in [0.2, 0.25) is 0 Å². The first-order valence-corrected chi connectivity index (χ1v) is 7.86. The number of hydrogen-bond acceptors (Lipinski definition) is 3. The third kappa shape index (κ3) is 4.74. The number of piperidine rings is 1. The van der Waals surface area contributed by atoms with Gasteiger partial charge in [0.2, 0.25) is 5.91 Å². The van der Waals surface area contributed by atoms with E-state index in [-0.39, 0.29) is 12.5 Å². The third-order valence-electron chi connectivity index (χ3n) is 3.93. The molecule has 1 aromatic rings. The van der Waals surface area contributed by atoms with E-state index in [1.54, 1.807) is 4.90 Å². The van der Waals surface area contributed by atoms with Crippen molar-refractivity contribution < 1.29 is 9.53 Å². The van der Waals surface area contributed by atoms with Crippen molar-refractivity contribution in [2.45, 2.75) is 32.7 Å². The lowest BCUT2D eigenvalue weighted by atomic mass is 10.1. The molecule has 0 radical (unpaired) electrons. The van der Waals surface area contributed by atoms with E-state index < -0.39 is 0 Å². The van der Waals surface area contributed by atoms with Crippen LogP contribution in [-0.4, -0.2) is 44.2 Å². The minimum absolute atomic E-state index is 0.0250. The summed E-state index contributed by atoms with van der Waals surface area (Å²) in [4.78, 5) is 16.0. The van der Waals surface area contributed by atoms with Crippen molar-refractivity contribution in [3.05, 3.63) is 29.8 Å². The molecule has 1 heterocycles. The first kappa shape index (κ1) is 15.8. The minimum Gasteiger partial charge on any atom is -0.372 e. The zero-order valence-corrected chi connectivity index (χ0v) is 13.2. The molecular formula is C17H26N2O2. The van der Waals surface area contributed by atoms with Crippen LogP contribution in [0.1, 0.15) is 31.7 Å².